The van der Waals surface area contributed by atoms with Gasteiger partial charge in [-0.15, -0.1) is 0 Å². The Labute approximate surface area is 66.8 Å². The Balaban J connectivity index is 0.000000640. The average molecular weight is 161 g/mol. The van der Waals surface area contributed by atoms with Crippen molar-refractivity contribution < 1.29 is 17.1 Å². The van der Waals surface area contributed by atoms with Crippen LogP contribution in [0, 0.1) is 19.9 Å². The van der Waals surface area contributed by atoms with Gasteiger partial charge in [-0.05, 0) is 0 Å². The topological polar surface area (TPSA) is 0 Å². The molecule has 0 unspecified atom stereocenters. The van der Waals surface area contributed by atoms with Crippen LogP contribution in [0.4, 0.5) is 0 Å². The molecule has 0 radical (unpaired) electrons. The van der Waals surface area contributed by atoms with Crippen molar-refractivity contribution in [3.8, 4) is 0 Å². The Hall–Kier alpha value is -0.261. The second-order valence-corrected chi connectivity index (χ2v) is 2.05. The SMILES string of the molecule is Cc1[c-]ccc(C)c1.[Fe]. The third-order valence-corrected chi connectivity index (χ3v) is 1.10. The Kier molecular flexibility index (Phi) is 3.60. The molecule has 0 aromatic heterocycles. The van der Waals surface area contributed by atoms with Crippen molar-refractivity contribution in [2.75, 3.05) is 0 Å². The van der Waals surface area contributed by atoms with Crippen LogP contribution in [0.25, 0.3) is 0 Å². The van der Waals surface area contributed by atoms with Crippen molar-refractivity contribution in [2.24, 2.45) is 0 Å². The van der Waals surface area contributed by atoms with Gasteiger partial charge in [-0.1, -0.05) is 13.8 Å². The van der Waals surface area contributed by atoms with Gasteiger partial charge in [0.2, 0.25) is 0 Å². The van der Waals surface area contributed by atoms with E-state index in [4.69, 9.17) is 0 Å². The minimum atomic E-state index is 0. The number of hydrogen-bond acceptors (Lipinski definition) is 0. The molecule has 0 aliphatic carbocycles. The molecule has 0 fully saturated rings. The zero-order valence-electron chi connectivity index (χ0n) is 5.59. The molecule has 1 aromatic carbocycles. The largest absolute Gasteiger partial charge is 0.181 e. The number of benzene rings is 1. The van der Waals surface area contributed by atoms with E-state index >= 15 is 0 Å². The summed E-state index contributed by atoms with van der Waals surface area (Å²) in [5.41, 5.74) is 2.52. The van der Waals surface area contributed by atoms with Gasteiger partial charge >= 0.3 is 0 Å². The Morgan fingerprint density at radius 3 is 2.33 bits per heavy atom. The van der Waals surface area contributed by atoms with E-state index in [0.29, 0.717) is 0 Å². The first-order valence-electron chi connectivity index (χ1n) is 2.74. The number of rotatable bonds is 0. The third kappa shape index (κ3) is 2.69. The van der Waals surface area contributed by atoms with Crippen molar-refractivity contribution in [3.05, 3.63) is 35.4 Å². The van der Waals surface area contributed by atoms with Gasteiger partial charge in [0.15, 0.2) is 0 Å². The molecule has 1 aromatic rings. The van der Waals surface area contributed by atoms with Crippen LogP contribution in [-0.2, 0) is 17.1 Å². The predicted octanol–water partition coefficient (Wildman–Crippen LogP) is 2.10. The molecule has 0 spiro atoms. The molecule has 1 rings (SSSR count). The van der Waals surface area contributed by atoms with Crippen LogP contribution in [0.5, 0.6) is 0 Å². The summed E-state index contributed by atoms with van der Waals surface area (Å²) in [7, 11) is 0. The summed E-state index contributed by atoms with van der Waals surface area (Å²) >= 11 is 0. The van der Waals surface area contributed by atoms with Crippen molar-refractivity contribution in [1.82, 2.24) is 0 Å². The van der Waals surface area contributed by atoms with Gasteiger partial charge in [0.05, 0.1) is 0 Å². The Morgan fingerprint density at radius 2 is 2.00 bits per heavy atom. The predicted molar refractivity (Wildman–Crippen MR) is 34.8 cm³/mol. The molecule has 0 bridgehead atoms. The van der Waals surface area contributed by atoms with Crippen LogP contribution in [0.15, 0.2) is 18.2 Å². The standard InChI is InChI=1S/C8H9.Fe/c1-7-4-3-5-8(2)6-7;/h3-4,6H,1-2H3;/q-1;. The van der Waals surface area contributed by atoms with Crippen LogP contribution in [-0.4, -0.2) is 0 Å². The molecule has 1 heteroatoms. The van der Waals surface area contributed by atoms with Crippen LogP contribution < -0.4 is 0 Å². The number of aryl methyl sites for hydroxylation is 2. The fourth-order valence-corrected chi connectivity index (χ4v) is 0.736. The molecule has 0 saturated carbocycles. The van der Waals surface area contributed by atoms with Crippen molar-refractivity contribution in [3.63, 3.8) is 0 Å². The molecule has 50 valence electrons. The van der Waals surface area contributed by atoms with Gasteiger partial charge in [0.25, 0.3) is 0 Å². The molecular formula is C8H9Fe-. The van der Waals surface area contributed by atoms with E-state index in [2.05, 4.69) is 19.1 Å². The molecule has 0 aliphatic rings. The maximum Gasteiger partial charge on any atom is 0 e. The normalized spacial score (nSPS) is 8.22. The van der Waals surface area contributed by atoms with Crippen LogP contribution in [0.3, 0.4) is 0 Å². The first-order valence-corrected chi connectivity index (χ1v) is 2.74. The summed E-state index contributed by atoms with van der Waals surface area (Å²) in [6.45, 7) is 4.13. The second kappa shape index (κ2) is 3.71. The van der Waals surface area contributed by atoms with Crippen molar-refractivity contribution >= 4 is 0 Å². The van der Waals surface area contributed by atoms with E-state index in [9.17, 15) is 0 Å². The summed E-state index contributed by atoms with van der Waals surface area (Å²) in [6.07, 6.45) is 0. The smallest absolute Gasteiger partial charge is 0 e. The first kappa shape index (κ1) is 8.74. The Morgan fingerprint density at radius 1 is 1.33 bits per heavy atom. The fourth-order valence-electron chi connectivity index (χ4n) is 0.736. The van der Waals surface area contributed by atoms with E-state index in [1.54, 1.807) is 0 Å². The van der Waals surface area contributed by atoms with Gasteiger partial charge < -0.3 is 0 Å². The summed E-state index contributed by atoms with van der Waals surface area (Å²) < 4.78 is 0. The van der Waals surface area contributed by atoms with Crippen LogP contribution >= 0.6 is 0 Å². The average Bonchev–Trinajstić information content (AvgIpc) is 1.64. The summed E-state index contributed by atoms with van der Waals surface area (Å²) in [5.74, 6) is 0. The van der Waals surface area contributed by atoms with Crippen LogP contribution in [0.2, 0.25) is 0 Å². The molecule has 0 amide bonds. The van der Waals surface area contributed by atoms with Crippen molar-refractivity contribution in [1.29, 1.82) is 0 Å². The molecule has 9 heavy (non-hydrogen) atoms. The minimum absolute atomic E-state index is 0. The quantitative estimate of drug-likeness (QED) is 0.403. The summed E-state index contributed by atoms with van der Waals surface area (Å²) in [5, 5.41) is 0. The second-order valence-electron chi connectivity index (χ2n) is 2.05. The van der Waals surface area contributed by atoms with Gasteiger partial charge in [-0.25, -0.2) is 0 Å². The first-order chi connectivity index (χ1) is 3.79. The van der Waals surface area contributed by atoms with Gasteiger partial charge in [0.1, 0.15) is 0 Å². The molecule has 0 heterocycles. The van der Waals surface area contributed by atoms with E-state index in [0.717, 1.165) is 0 Å². The molecule has 0 N–H and O–H groups in total. The maximum atomic E-state index is 3.07. The summed E-state index contributed by atoms with van der Waals surface area (Å²) in [4.78, 5) is 0. The zero-order valence-corrected chi connectivity index (χ0v) is 6.69. The molecule has 0 nitrogen and oxygen atoms in total. The van der Waals surface area contributed by atoms with E-state index in [-0.39, 0.29) is 17.1 Å². The van der Waals surface area contributed by atoms with Gasteiger partial charge in [-0.3, -0.25) is 0 Å². The van der Waals surface area contributed by atoms with Gasteiger partial charge in [-0.2, -0.15) is 35.4 Å². The fraction of sp³-hybridized carbons (Fsp3) is 0.250. The molecular weight excluding hydrogens is 152 g/mol. The van der Waals surface area contributed by atoms with E-state index in [1.807, 2.05) is 19.1 Å². The monoisotopic (exact) mass is 161 g/mol. The number of hydrogen-bond donors (Lipinski definition) is 0. The Bertz CT molecular complexity index is 164. The maximum absolute atomic E-state index is 3.07. The molecule has 0 saturated heterocycles. The van der Waals surface area contributed by atoms with Crippen molar-refractivity contribution in [2.45, 2.75) is 13.8 Å². The van der Waals surface area contributed by atoms with E-state index < -0.39 is 0 Å². The minimum Gasteiger partial charge on any atom is -0.181 e. The molecule has 0 aliphatic heterocycles. The van der Waals surface area contributed by atoms with Crippen LogP contribution in [0.1, 0.15) is 11.1 Å². The van der Waals surface area contributed by atoms with Gasteiger partial charge in [0, 0.05) is 17.1 Å². The molecule has 0 atom stereocenters. The third-order valence-electron chi connectivity index (χ3n) is 1.10. The zero-order chi connectivity index (χ0) is 5.98. The van der Waals surface area contributed by atoms with E-state index in [1.165, 1.54) is 11.1 Å². The summed E-state index contributed by atoms with van der Waals surface area (Å²) in [6, 6.07) is 9.18.